The molecule has 1 aromatic rings. The number of anilines is 2. The van der Waals surface area contributed by atoms with Crippen LogP contribution in [-0.2, 0) is 0 Å². The van der Waals surface area contributed by atoms with Gasteiger partial charge in [0.2, 0.25) is 0 Å². The summed E-state index contributed by atoms with van der Waals surface area (Å²) >= 11 is 0. The minimum atomic E-state index is -0.369. The van der Waals surface area contributed by atoms with Gasteiger partial charge in [-0.15, -0.1) is 0 Å². The summed E-state index contributed by atoms with van der Waals surface area (Å²) < 4.78 is 0. The first kappa shape index (κ1) is 14.6. The number of nitrogens with one attached hydrogen (secondary N) is 2. The molecular formula is C14H21N3O3. The van der Waals surface area contributed by atoms with Gasteiger partial charge in [0.25, 0.3) is 0 Å². The van der Waals surface area contributed by atoms with Gasteiger partial charge >= 0.3 is 5.69 Å². The largest absolute Gasteiger partial charge is 0.396 e. The lowest BCUT2D eigenvalue weighted by Gasteiger charge is -2.18. The molecule has 1 aliphatic rings. The fourth-order valence-electron chi connectivity index (χ4n) is 2.95. The van der Waals surface area contributed by atoms with Crippen molar-refractivity contribution in [2.24, 2.45) is 11.8 Å². The standard InChI is InChI=1S/C14H21N3O3/c1-15-12-6-3-7-13(14(12)17(19)20)16-8-10-4-2-5-11(10)9-18/h3,6-7,10-11,15-16,18H,2,4-5,8-9H2,1H3. The highest BCUT2D eigenvalue weighted by atomic mass is 16.6. The van der Waals surface area contributed by atoms with Gasteiger partial charge in [-0.05, 0) is 36.8 Å². The lowest BCUT2D eigenvalue weighted by molar-refractivity contribution is -0.383. The maximum Gasteiger partial charge on any atom is 0.315 e. The number of hydrogen-bond acceptors (Lipinski definition) is 5. The molecule has 0 saturated heterocycles. The number of rotatable bonds is 6. The maximum atomic E-state index is 11.2. The quantitative estimate of drug-likeness (QED) is 0.550. The Labute approximate surface area is 118 Å². The van der Waals surface area contributed by atoms with E-state index in [9.17, 15) is 15.2 Å². The van der Waals surface area contributed by atoms with Gasteiger partial charge in [-0.2, -0.15) is 0 Å². The molecule has 2 atom stereocenters. The molecule has 20 heavy (non-hydrogen) atoms. The molecule has 6 nitrogen and oxygen atoms in total. The Morgan fingerprint density at radius 2 is 2.05 bits per heavy atom. The predicted octanol–water partition coefficient (Wildman–Crippen LogP) is 2.46. The lowest BCUT2D eigenvalue weighted by Crippen LogP contribution is -2.21. The second kappa shape index (κ2) is 6.56. The van der Waals surface area contributed by atoms with Crippen molar-refractivity contribution in [2.45, 2.75) is 19.3 Å². The molecule has 0 bridgehead atoms. The number of nitro groups is 1. The molecule has 2 rings (SSSR count). The summed E-state index contributed by atoms with van der Waals surface area (Å²) in [7, 11) is 1.67. The van der Waals surface area contributed by atoms with Gasteiger partial charge in [-0.1, -0.05) is 12.5 Å². The van der Waals surface area contributed by atoms with Crippen LogP contribution in [0.25, 0.3) is 0 Å². The summed E-state index contributed by atoms with van der Waals surface area (Å²) in [5.41, 5.74) is 1.11. The van der Waals surface area contributed by atoms with Gasteiger partial charge in [-0.25, -0.2) is 0 Å². The average Bonchev–Trinajstić information content (AvgIpc) is 2.91. The van der Waals surface area contributed by atoms with E-state index < -0.39 is 0 Å². The third kappa shape index (κ3) is 3.01. The molecule has 0 amide bonds. The zero-order chi connectivity index (χ0) is 14.5. The molecule has 6 heteroatoms. The normalized spacial score (nSPS) is 21.7. The molecule has 1 aliphatic carbocycles. The number of para-hydroxylation sites is 1. The molecule has 0 aromatic heterocycles. The Kier molecular flexibility index (Phi) is 4.79. The Morgan fingerprint density at radius 1 is 1.35 bits per heavy atom. The van der Waals surface area contributed by atoms with Crippen LogP contribution >= 0.6 is 0 Å². The van der Waals surface area contributed by atoms with Gasteiger partial charge < -0.3 is 15.7 Å². The van der Waals surface area contributed by atoms with Crippen LogP contribution in [0.1, 0.15) is 19.3 Å². The minimum Gasteiger partial charge on any atom is -0.396 e. The molecule has 0 aliphatic heterocycles. The van der Waals surface area contributed by atoms with E-state index in [-0.39, 0.29) is 17.2 Å². The van der Waals surface area contributed by atoms with Crippen molar-refractivity contribution in [3.63, 3.8) is 0 Å². The van der Waals surface area contributed by atoms with E-state index >= 15 is 0 Å². The number of aliphatic hydroxyl groups is 1. The first-order valence-electron chi connectivity index (χ1n) is 6.97. The topological polar surface area (TPSA) is 87.4 Å². The van der Waals surface area contributed by atoms with Crippen LogP contribution in [0, 0.1) is 22.0 Å². The Hall–Kier alpha value is -1.82. The Morgan fingerprint density at radius 3 is 2.70 bits per heavy atom. The van der Waals surface area contributed by atoms with E-state index in [1.807, 2.05) is 0 Å². The molecule has 110 valence electrons. The zero-order valence-electron chi connectivity index (χ0n) is 11.6. The molecule has 1 aromatic carbocycles. The number of benzene rings is 1. The van der Waals surface area contributed by atoms with Gasteiger partial charge in [0.1, 0.15) is 11.4 Å². The minimum absolute atomic E-state index is 0.0774. The first-order chi connectivity index (χ1) is 9.67. The van der Waals surface area contributed by atoms with E-state index in [1.165, 1.54) is 0 Å². The molecule has 1 saturated carbocycles. The van der Waals surface area contributed by atoms with Crippen LogP contribution in [0.3, 0.4) is 0 Å². The van der Waals surface area contributed by atoms with Crippen LogP contribution in [-0.4, -0.2) is 30.2 Å². The molecule has 0 radical (unpaired) electrons. The molecule has 3 N–H and O–H groups in total. The van der Waals surface area contributed by atoms with Crippen LogP contribution in [0.5, 0.6) is 0 Å². The van der Waals surface area contributed by atoms with E-state index in [1.54, 1.807) is 25.2 Å². The third-order valence-corrected chi connectivity index (χ3v) is 4.09. The maximum absolute atomic E-state index is 11.2. The summed E-state index contributed by atoms with van der Waals surface area (Å²) in [5, 5.41) is 26.5. The monoisotopic (exact) mass is 279 g/mol. The molecule has 0 spiro atoms. The summed E-state index contributed by atoms with van der Waals surface area (Å²) in [6, 6.07) is 5.20. The molecule has 2 unspecified atom stereocenters. The van der Waals surface area contributed by atoms with Gasteiger partial charge in [-0.3, -0.25) is 10.1 Å². The van der Waals surface area contributed by atoms with Crippen molar-refractivity contribution in [1.82, 2.24) is 0 Å². The highest BCUT2D eigenvalue weighted by molar-refractivity contribution is 5.76. The fraction of sp³-hybridized carbons (Fsp3) is 0.571. The van der Waals surface area contributed by atoms with Crippen LogP contribution < -0.4 is 10.6 Å². The first-order valence-corrected chi connectivity index (χ1v) is 6.97. The van der Waals surface area contributed by atoms with Crippen molar-refractivity contribution in [3.8, 4) is 0 Å². The summed E-state index contributed by atoms with van der Waals surface area (Å²) in [6.07, 6.45) is 3.23. The third-order valence-electron chi connectivity index (χ3n) is 4.09. The summed E-state index contributed by atoms with van der Waals surface area (Å²) in [4.78, 5) is 10.8. The summed E-state index contributed by atoms with van der Waals surface area (Å²) in [5.74, 6) is 0.701. The number of aliphatic hydroxyl groups excluding tert-OH is 1. The van der Waals surface area contributed by atoms with Crippen molar-refractivity contribution in [2.75, 3.05) is 30.8 Å². The highest BCUT2D eigenvalue weighted by Crippen LogP contribution is 2.35. The number of hydrogen-bond donors (Lipinski definition) is 3. The SMILES string of the molecule is CNc1cccc(NCC2CCCC2CO)c1[N+](=O)[O-]. The molecular weight excluding hydrogens is 258 g/mol. The molecule has 1 fully saturated rings. The second-order valence-electron chi connectivity index (χ2n) is 5.22. The zero-order valence-corrected chi connectivity index (χ0v) is 11.6. The van der Waals surface area contributed by atoms with E-state index in [4.69, 9.17) is 0 Å². The van der Waals surface area contributed by atoms with Crippen LogP contribution in [0.4, 0.5) is 17.1 Å². The Balaban J connectivity index is 2.11. The van der Waals surface area contributed by atoms with E-state index in [0.29, 0.717) is 29.8 Å². The van der Waals surface area contributed by atoms with Gasteiger partial charge in [0, 0.05) is 20.2 Å². The average molecular weight is 279 g/mol. The van der Waals surface area contributed by atoms with Crippen molar-refractivity contribution in [1.29, 1.82) is 0 Å². The number of nitro benzene ring substituents is 1. The van der Waals surface area contributed by atoms with Crippen molar-refractivity contribution in [3.05, 3.63) is 28.3 Å². The smallest absolute Gasteiger partial charge is 0.315 e. The van der Waals surface area contributed by atoms with E-state index in [0.717, 1.165) is 19.3 Å². The predicted molar refractivity (Wildman–Crippen MR) is 79.0 cm³/mol. The summed E-state index contributed by atoms with van der Waals surface area (Å²) in [6.45, 7) is 0.865. The van der Waals surface area contributed by atoms with Crippen molar-refractivity contribution < 1.29 is 10.0 Å². The van der Waals surface area contributed by atoms with Gasteiger partial charge in [0.15, 0.2) is 0 Å². The second-order valence-corrected chi connectivity index (χ2v) is 5.22. The highest BCUT2D eigenvalue weighted by Gasteiger charge is 2.27. The fourth-order valence-corrected chi connectivity index (χ4v) is 2.95. The van der Waals surface area contributed by atoms with E-state index in [2.05, 4.69) is 10.6 Å². The van der Waals surface area contributed by atoms with Crippen molar-refractivity contribution >= 4 is 17.1 Å². The lowest BCUT2D eigenvalue weighted by atomic mass is 9.97. The van der Waals surface area contributed by atoms with Crippen LogP contribution in [0.2, 0.25) is 0 Å². The van der Waals surface area contributed by atoms with Gasteiger partial charge in [0.05, 0.1) is 4.92 Å². The van der Waals surface area contributed by atoms with Crippen LogP contribution in [0.15, 0.2) is 18.2 Å². The molecule has 0 heterocycles. The number of nitrogens with zero attached hydrogens (tertiary/aromatic N) is 1. The Bertz CT molecular complexity index is 479.